The summed E-state index contributed by atoms with van der Waals surface area (Å²) in [5.74, 6) is 1.81. The molecule has 0 spiro atoms. The highest BCUT2D eigenvalue weighted by Crippen LogP contribution is 2.26. The predicted molar refractivity (Wildman–Crippen MR) is 131 cm³/mol. The molecule has 174 valence electrons. The fraction of sp³-hybridized carbons (Fsp3) is 0.640. The average Bonchev–Trinajstić information content (AvgIpc) is 3.29. The summed E-state index contributed by atoms with van der Waals surface area (Å²) in [5.41, 5.74) is 1.13. The number of carbonyl (C=O) groups excluding carboxylic acids is 1. The van der Waals surface area contributed by atoms with Gasteiger partial charge in [-0.2, -0.15) is 0 Å². The lowest BCUT2D eigenvalue weighted by Gasteiger charge is -2.39. The monoisotopic (exact) mass is 455 g/mol. The van der Waals surface area contributed by atoms with E-state index in [9.17, 15) is 4.79 Å². The Balaban J connectivity index is 1.25. The molecule has 4 rings (SSSR count). The Morgan fingerprint density at radius 3 is 2.66 bits per heavy atom. The van der Waals surface area contributed by atoms with Crippen LogP contribution in [0.2, 0.25) is 0 Å². The summed E-state index contributed by atoms with van der Waals surface area (Å²) in [4.78, 5) is 26.8. The molecule has 0 aromatic carbocycles. The lowest BCUT2D eigenvalue weighted by Crippen LogP contribution is -2.50. The number of thiazole rings is 1. The first-order valence-electron chi connectivity index (χ1n) is 12.2. The number of aromatic nitrogens is 2. The molecule has 2 aromatic heterocycles. The molecule has 0 atom stereocenters. The van der Waals surface area contributed by atoms with Crippen LogP contribution in [0, 0.1) is 5.92 Å². The van der Waals surface area contributed by atoms with Crippen LogP contribution in [0.15, 0.2) is 29.8 Å². The van der Waals surface area contributed by atoms with Gasteiger partial charge in [-0.1, -0.05) is 25.3 Å². The highest BCUT2D eigenvalue weighted by molar-refractivity contribution is 7.13. The zero-order valence-electron chi connectivity index (χ0n) is 19.5. The number of nitrogens with one attached hydrogen (secondary N) is 1. The second-order valence-corrected chi connectivity index (χ2v) is 10.5. The van der Waals surface area contributed by atoms with Crippen molar-refractivity contribution in [2.45, 2.75) is 77.3 Å². The Hall–Kier alpha value is -1.99. The summed E-state index contributed by atoms with van der Waals surface area (Å²) >= 11 is 1.58. The van der Waals surface area contributed by atoms with Gasteiger partial charge in [0.2, 0.25) is 5.91 Å². The van der Waals surface area contributed by atoms with E-state index in [0.29, 0.717) is 30.5 Å². The van der Waals surface area contributed by atoms with E-state index in [1.807, 2.05) is 11.4 Å². The maximum absolute atomic E-state index is 13.2. The summed E-state index contributed by atoms with van der Waals surface area (Å²) in [6.07, 6.45) is 11.3. The normalized spacial score (nSPS) is 18.7. The van der Waals surface area contributed by atoms with E-state index in [0.717, 1.165) is 49.0 Å². The van der Waals surface area contributed by atoms with Crippen LogP contribution in [0.3, 0.4) is 0 Å². The van der Waals surface area contributed by atoms with Crippen LogP contribution >= 0.6 is 11.3 Å². The predicted octanol–water partition coefficient (Wildman–Crippen LogP) is 5.11. The van der Waals surface area contributed by atoms with Crippen molar-refractivity contribution in [2.75, 3.05) is 25.0 Å². The number of hydrogen-bond acceptors (Lipinski definition) is 6. The summed E-state index contributed by atoms with van der Waals surface area (Å²) < 4.78 is 0. The fourth-order valence-corrected chi connectivity index (χ4v) is 5.78. The van der Waals surface area contributed by atoms with E-state index in [1.165, 1.54) is 32.1 Å². The van der Waals surface area contributed by atoms with Crippen LogP contribution in [0.25, 0.3) is 0 Å². The van der Waals surface area contributed by atoms with Gasteiger partial charge in [0.1, 0.15) is 5.82 Å². The fourth-order valence-electron chi connectivity index (χ4n) is 5.25. The standard InChI is InChI=1S/C25H37N5OS/c1-19(2)30(22-8-4-3-5-9-22)24(31)18-29-14-11-20(12-15-29)17-21-7-6-10-23(27-21)28-25-26-13-16-32-25/h6-7,10,13,16,19-20,22H,3-5,8-9,11-12,14-15,17-18H2,1-2H3,(H,26,27,28). The third-order valence-electron chi connectivity index (χ3n) is 6.85. The molecular formula is C25H37N5OS. The van der Waals surface area contributed by atoms with Crippen LogP contribution in [0.5, 0.6) is 0 Å². The smallest absolute Gasteiger partial charge is 0.237 e. The number of piperidine rings is 1. The van der Waals surface area contributed by atoms with E-state index >= 15 is 0 Å². The van der Waals surface area contributed by atoms with Gasteiger partial charge in [0.15, 0.2) is 5.13 Å². The molecule has 1 saturated heterocycles. The zero-order chi connectivity index (χ0) is 22.3. The number of pyridine rings is 1. The molecule has 7 heteroatoms. The molecule has 32 heavy (non-hydrogen) atoms. The molecule has 2 aliphatic rings. The van der Waals surface area contributed by atoms with E-state index in [4.69, 9.17) is 4.98 Å². The molecule has 0 unspecified atom stereocenters. The summed E-state index contributed by atoms with van der Waals surface area (Å²) in [6.45, 7) is 6.92. The molecule has 0 bridgehead atoms. The van der Waals surface area contributed by atoms with Crippen LogP contribution < -0.4 is 5.32 Å². The van der Waals surface area contributed by atoms with E-state index in [2.05, 4.69) is 46.1 Å². The highest BCUT2D eigenvalue weighted by atomic mass is 32.1. The van der Waals surface area contributed by atoms with Crippen molar-refractivity contribution >= 4 is 28.2 Å². The molecule has 1 aliphatic carbocycles. The molecule has 1 aliphatic heterocycles. The van der Waals surface area contributed by atoms with Gasteiger partial charge in [-0.15, -0.1) is 11.3 Å². The molecule has 2 aromatic rings. The van der Waals surface area contributed by atoms with Crippen molar-refractivity contribution < 1.29 is 4.79 Å². The Kier molecular flexibility index (Phi) is 8.14. The van der Waals surface area contributed by atoms with Crippen molar-refractivity contribution in [3.8, 4) is 0 Å². The van der Waals surface area contributed by atoms with Crippen molar-refractivity contribution in [1.82, 2.24) is 19.8 Å². The number of hydrogen-bond donors (Lipinski definition) is 1. The molecule has 1 saturated carbocycles. The van der Waals surface area contributed by atoms with Crippen molar-refractivity contribution in [2.24, 2.45) is 5.92 Å². The van der Waals surface area contributed by atoms with Crippen LogP contribution in [-0.2, 0) is 11.2 Å². The molecule has 1 amide bonds. The minimum absolute atomic E-state index is 0.291. The third-order valence-corrected chi connectivity index (χ3v) is 7.54. The topological polar surface area (TPSA) is 61.4 Å². The average molecular weight is 456 g/mol. The zero-order valence-corrected chi connectivity index (χ0v) is 20.3. The van der Waals surface area contributed by atoms with Gasteiger partial charge >= 0.3 is 0 Å². The molecule has 6 nitrogen and oxygen atoms in total. The van der Waals surface area contributed by atoms with E-state index in [-0.39, 0.29) is 0 Å². The minimum Gasteiger partial charge on any atom is -0.336 e. The van der Waals surface area contributed by atoms with Gasteiger partial charge in [0.25, 0.3) is 0 Å². The number of carbonyl (C=O) groups is 1. The second kappa shape index (κ2) is 11.2. The van der Waals surface area contributed by atoms with Gasteiger partial charge in [-0.3, -0.25) is 9.69 Å². The Bertz CT molecular complexity index is 842. The summed E-state index contributed by atoms with van der Waals surface area (Å²) in [7, 11) is 0. The molecule has 2 fully saturated rings. The molecule has 0 radical (unpaired) electrons. The largest absolute Gasteiger partial charge is 0.336 e. The second-order valence-electron chi connectivity index (χ2n) is 9.59. The van der Waals surface area contributed by atoms with Gasteiger partial charge in [-0.25, -0.2) is 9.97 Å². The number of nitrogens with zero attached hydrogens (tertiary/aromatic N) is 4. The van der Waals surface area contributed by atoms with Gasteiger partial charge in [-0.05, 0) is 77.1 Å². The van der Waals surface area contributed by atoms with Crippen molar-refractivity contribution in [3.05, 3.63) is 35.5 Å². The third kappa shape index (κ3) is 6.29. The first-order chi connectivity index (χ1) is 15.6. The first-order valence-corrected chi connectivity index (χ1v) is 13.1. The lowest BCUT2D eigenvalue weighted by atomic mass is 9.91. The maximum Gasteiger partial charge on any atom is 0.237 e. The quantitative estimate of drug-likeness (QED) is 0.600. The molecule has 3 heterocycles. The number of amides is 1. The Morgan fingerprint density at radius 1 is 1.19 bits per heavy atom. The highest BCUT2D eigenvalue weighted by Gasteiger charge is 2.29. The summed E-state index contributed by atoms with van der Waals surface area (Å²) in [5, 5.41) is 6.11. The lowest BCUT2D eigenvalue weighted by molar-refractivity contribution is -0.137. The number of anilines is 2. The van der Waals surface area contributed by atoms with Crippen molar-refractivity contribution in [3.63, 3.8) is 0 Å². The van der Waals surface area contributed by atoms with Crippen LogP contribution in [0.1, 0.15) is 64.5 Å². The van der Waals surface area contributed by atoms with E-state index in [1.54, 1.807) is 17.5 Å². The Labute approximate surface area is 196 Å². The Morgan fingerprint density at radius 2 is 1.97 bits per heavy atom. The van der Waals surface area contributed by atoms with Gasteiger partial charge in [0.05, 0.1) is 6.54 Å². The van der Waals surface area contributed by atoms with Gasteiger partial charge < -0.3 is 10.2 Å². The first kappa shape index (κ1) is 23.2. The molecule has 1 N–H and O–H groups in total. The van der Waals surface area contributed by atoms with Crippen LogP contribution in [0.4, 0.5) is 10.9 Å². The van der Waals surface area contributed by atoms with Gasteiger partial charge in [0, 0.05) is 29.4 Å². The summed E-state index contributed by atoms with van der Waals surface area (Å²) in [6, 6.07) is 6.92. The number of rotatable bonds is 8. The van der Waals surface area contributed by atoms with Crippen LogP contribution in [-0.4, -0.2) is 57.4 Å². The van der Waals surface area contributed by atoms with E-state index < -0.39 is 0 Å². The minimum atomic E-state index is 0.291. The maximum atomic E-state index is 13.2. The number of likely N-dealkylation sites (tertiary alicyclic amines) is 1. The van der Waals surface area contributed by atoms with Crippen molar-refractivity contribution in [1.29, 1.82) is 0 Å². The SMILES string of the molecule is CC(C)N(C(=O)CN1CCC(Cc2cccc(Nc3nccs3)n2)CC1)C1CCCCC1. The molecular weight excluding hydrogens is 418 g/mol.